The maximum atomic E-state index is 12.6. The minimum absolute atomic E-state index is 0.124. The van der Waals surface area contributed by atoms with Crippen molar-refractivity contribution in [2.24, 2.45) is 0 Å². The fourth-order valence-corrected chi connectivity index (χ4v) is 3.06. The third-order valence-corrected chi connectivity index (χ3v) is 4.36. The van der Waals surface area contributed by atoms with E-state index < -0.39 is 0 Å². The van der Waals surface area contributed by atoms with Crippen LogP contribution in [0.1, 0.15) is 68.9 Å². The summed E-state index contributed by atoms with van der Waals surface area (Å²) in [6, 6.07) is 10.2. The van der Waals surface area contributed by atoms with Crippen LogP contribution in [-0.2, 0) is 5.41 Å². The molecule has 2 aromatic carbocycles. The van der Waals surface area contributed by atoms with E-state index in [1.165, 1.54) is 12.1 Å². The quantitative estimate of drug-likeness (QED) is 0.407. The fraction of sp³-hybridized carbons (Fsp3) is 0.400. The van der Waals surface area contributed by atoms with Crippen LogP contribution in [0.4, 0.5) is 0 Å². The number of phenolic OH excluding ortho intramolecular Hbond substituents is 1. The zero-order chi connectivity index (χ0) is 21.4. The van der Waals surface area contributed by atoms with Gasteiger partial charge in [-0.2, -0.15) is 0 Å². The molecule has 2 aromatic rings. The summed E-state index contributed by atoms with van der Waals surface area (Å²) in [5.41, 5.74) is 2.30. The molecule has 0 aliphatic heterocycles. The van der Waals surface area contributed by atoms with E-state index >= 15 is 0 Å². The number of aromatic hydroxyl groups is 1. The highest BCUT2D eigenvalue weighted by Gasteiger charge is 2.23. The van der Waals surface area contributed by atoms with Crippen LogP contribution in [0.5, 0.6) is 17.2 Å². The van der Waals surface area contributed by atoms with Gasteiger partial charge in [0.1, 0.15) is 17.2 Å². The van der Waals surface area contributed by atoms with E-state index in [2.05, 4.69) is 34.6 Å². The number of hydrogen-bond acceptors (Lipinski definition) is 4. The van der Waals surface area contributed by atoms with Crippen LogP contribution in [-0.4, -0.2) is 24.1 Å². The topological polar surface area (TPSA) is 55.8 Å². The maximum Gasteiger partial charge on any atom is 0.185 e. The minimum atomic E-state index is -0.173. The zero-order valence-electron chi connectivity index (χ0n) is 18.1. The Hall–Kier alpha value is -2.75. The fourth-order valence-electron chi connectivity index (χ4n) is 3.06. The Morgan fingerprint density at radius 1 is 1.00 bits per heavy atom. The number of ether oxygens (including phenoxy) is 2. The Kier molecular flexibility index (Phi) is 7.89. The van der Waals surface area contributed by atoms with Crippen LogP contribution in [0.15, 0.2) is 42.5 Å². The first-order chi connectivity index (χ1) is 13.8. The van der Waals surface area contributed by atoms with Gasteiger partial charge in [0.15, 0.2) is 5.78 Å². The van der Waals surface area contributed by atoms with Gasteiger partial charge in [0, 0.05) is 17.2 Å². The molecule has 0 saturated heterocycles. The van der Waals surface area contributed by atoms with E-state index in [1.54, 1.807) is 18.2 Å². The molecule has 0 amide bonds. The predicted molar refractivity (Wildman–Crippen MR) is 118 cm³/mol. The molecule has 4 heteroatoms. The molecule has 0 aliphatic carbocycles. The Labute approximate surface area is 174 Å². The summed E-state index contributed by atoms with van der Waals surface area (Å²) in [6.07, 6.45) is 5.21. The van der Waals surface area contributed by atoms with Crippen LogP contribution >= 0.6 is 0 Å². The predicted octanol–water partition coefficient (Wildman–Crippen LogP) is 6.16. The summed E-state index contributed by atoms with van der Waals surface area (Å²) in [4.78, 5) is 12.6. The summed E-state index contributed by atoms with van der Waals surface area (Å²) in [6.45, 7) is 11.8. The second kappa shape index (κ2) is 10.1. The van der Waals surface area contributed by atoms with Crippen molar-refractivity contribution in [3.8, 4) is 17.2 Å². The van der Waals surface area contributed by atoms with Crippen LogP contribution < -0.4 is 9.47 Å². The number of ketones is 1. The lowest BCUT2D eigenvalue weighted by atomic mass is 9.82. The largest absolute Gasteiger partial charge is 0.508 e. The van der Waals surface area contributed by atoms with E-state index in [0.29, 0.717) is 18.8 Å². The molecule has 29 heavy (non-hydrogen) atoms. The third-order valence-electron chi connectivity index (χ3n) is 4.36. The van der Waals surface area contributed by atoms with E-state index in [4.69, 9.17) is 9.47 Å². The van der Waals surface area contributed by atoms with Crippen LogP contribution in [0.3, 0.4) is 0 Å². The molecular formula is C25H32O4. The molecule has 0 fully saturated rings. The van der Waals surface area contributed by atoms with Crippen LogP contribution in [0.25, 0.3) is 6.08 Å². The number of rotatable bonds is 9. The molecule has 0 bridgehead atoms. The van der Waals surface area contributed by atoms with Gasteiger partial charge in [-0.05, 0) is 60.2 Å². The van der Waals surface area contributed by atoms with Gasteiger partial charge in [-0.25, -0.2) is 0 Å². The van der Waals surface area contributed by atoms with Crippen LogP contribution in [0, 0.1) is 0 Å². The van der Waals surface area contributed by atoms with E-state index in [1.807, 2.05) is 18.2 Å². The van der Waals surface area contributed by atoms with Gasteiger partial charge in [0.05, 0.1) is 13.2 Å². The molecule has 156 valence electrons. The average Bonchev–Trinajstić information content (AvgIpc) is 2.68. The molecule has 0 saturated carbocycles. The van der Waals surface area contributed by atoms with Crippen molar-refractivity contribution in [1.29, 1.82) is 0 Å². The van der Waals surface area contributed by atoms with E-state index in [0.717, 1.165) is 35.5 Å². The number of allylic oxidation sites excluding steroid dienone is 1. The van der Waals surface area contributed by atoms with Crippen molar-refractivity contribution in [3.63, 3.8) is 0 Å². The first-order valence-corrected chi connectivity index (χ1v) is 10.2. The number of benzene rings is 2. The van der Waals surface area contributed by atoms with Gasteiger partial charge in [-0.15, -0.1) is 0 Å². The second-order valence-electron chi connectivity index (χ2n) is 8.08. The van der Waals surface area contributed by atoms with E-state index in [9.17, 15) is 9.90 Å². The van der Waals surface area contributed by atoms with Crippen LogP contribution in [0.2, 0.25) is 0 Å². The Morgan fingerprint density at radius 3 is 2.21 bits per heavy atom. The molecule has 0 aliphatic rings. The molecule has 0 radical (unpaired) electrons. The molecule has 2 rings (SSSR count). The molecule has 0 atom stereocenters. The minimum Gasteiger partial charge on any atom is -0.508 e. The van der Waals surface area contributed by atoms with Crippen molar-refractivity contribution >= 4 is 11.9 Å². The molecule has 1 N–H and O–H groups in total. The van der Waals surface area contributed by atoms with Crippen molar-refractivity contribution in [1.82, 2.24) is 0 Å². The molecule has 0 spiro atoms. The second-order valence-corrected chi connectivity index (χ2v) is 8.08. The highest BCUT2D eigenvalue weighted by atomic mass is 16.5. The molecule has 0 aromatic heterocycles. The molecular weight excluding hydrogens is 364 g/mol. The molecule has 0 unspecified atom stereocenters. The summed E-state index contributed by atoms with van der Waals surface area (Å²) in [7, 11) is 0. The highest BCUT2D eigenvalue weighted by Crippen LogP contribution is 2.38. The summed E-state index contributed by atoms with van der Waals surface area (Å²) in [5, 5.41) is 9.42. The Balaban J connectivity index is 2.47. The van der Waals surface area contributed by atoms with Gasteiger partial charge in [0.2, 0.25) is 0 Å². The number of hydrogen-bond donors (Lipinski definition) is 1. The number of carbonyl (C=O) groups excluding carboxylic acids is 1. The first kappa shape index (κ1) is 22.5. The van der Waals surface area contributed by atoms with Crippen molar-refractivity contribution < 1.29 is 19.4 Å². The third kappa shape index (κ3) is 6.38. The van der Waals surface area contributed by atoms with Crippen molar-refractivity contribution in [3.05, 3.63) is 59.2 Å². The first-order valence-electron chi connectivity index (χ1n) is 10.2. The molecule has 0 heterocycles. The highest BCUT2D eigenvalue weighted by molar-refractivity contribution is 6.07. The Morgan fingerprint density at radius 2 is 1.62 bits per heavy atom. The Bertz CT molecular complexity index is 842. The standard InChI is InChI=1S/C25H32O4/c1-6-14-28-21-16-19(10-13-22(27)18-8-11-20(26)12-9-18)24(25(3,4)5)23(17-21)29-15-7-2/h8-13,16-17,26H,6-7,14-15H2,1-5H3/b13-10+. The summed E-state index contributed by atoms with van der Waals surface area (Å²) >= 11 is 0. The lowest BCUT2D eigenvalue weighted by Gasteiger charge is -2.26. The zero-order valence-corrected chi connectivity index (χ0v) is 18.1. The smallest absolute Gasteiger partial charge is 0.185 e. The summed E-state index contributed by atoms with van der Waals surface area (Å²) < 4.78 is 11.9. The summed E-state index contributed by atoms with van der Waals surface area (Å²) in [5.74, 6) is 1.55. The van der Waals surface area contributed by atoms with E-state index in [-0.39, 0.29) is 16.9 Å². The SMILES string of the molecule is CCCOc1cc(/C=C/C(=O)c2ccc(O)cc2)c(C(C)(C)C)c(OCCC)c1. The van der Waals surface area contributed by atoms with Gasteiger partial charge >= 0.3 is 0 Å². The average molecular weight is 397 g/mol. The van der Waals surface area contributed by atoms with Gasteiger partial charge in [0.25, 0.3) is 0 Å². The van der Waals surface area contributed by atoms with Gasteiger partial charge in [-0.1, -0.05) is 40.7 Å². The van der Waals surface area contributed by atoms with Gasteiger partial charge in [-0.3, -0.25) is 4.79 Å². The normalized spacial score (nSPS) is 11.6. The number of carbonyl (C=O) groups is 1. The monoisotopic (exact) mass is 396 g/mol. The lowest BCUT2D eigenvalue weighted by molar-refractivity contribution is 0.104. The number of phenols is 1. The maximum absolute atomic E-state index is 12.6. The lowest BCUT2D eigenvalue weighted by Crippen LogP contribution is -2.16. The van der Waals surface area contributed by atoms with Gasteiger partial charge < -0.3 is 14.6 Å². The molecule has 4 nitrogen and oxygen atoms in total. The van der Waals surface area contributed by atoms with Crippen molar-refractivity contribution in [2.75, 3.05) is 13.2 Å². The van der Waals surface area contributed by atoms with Crippen molar-refractivity contribution in [2.45, 2.75) is 52.9 Å².